The standard InChI is InChI=1S/C17H21N5O4S/c1-3-21-16(8-5-9-18-12(2)23)19-20-17(21)27-11-15(24)13-6-4-7-14(10-13)22(25)26/h4,6-7,10H,3,5,8-9,11H2,1-2H3,(H,18,23). The van der Waals surface area contributed by atoms with E-state index in [9.17, 15) is 19.7 Å². The first kappa shape index (κ1) is 20.6. The molecule has 0 atom stereocenters. The van der Waals surface area contributed by atoms with Crippen LogP contribution in [0.25, 0.3) is 0 Å². The summed E-state index contributed by atoms with van der Waals surface area (Å²) in [5.74, 6) is 0.642. The Balaban J connectivity index is 1.97. The van der Waals surface area contributed by atoms with Crippen molar-refractivity contribution in [3.05, 3.63) is 45.8 Å². The molecule has 144 valence electrons. The zero-order valence-corrected chi connectivity index (χ0v) is 16.0. The van der Waals surface area contributed by atoms with Crippen molar-refractivity contribution in [2.75, 3.05) is 12.3 Å². The van der Waals surface area contributed by atoms with Gasteiger partial charge in [0.25, 0.3) is 5.69 Å². The number of nitrogens with one attached hydrogen (secondary N) is 1. The van der Waals surface area contributed by atoms with E-state index in [4.69, 9.17) is 0 Å². The van der Waals surface area contributed by atoms with E-state index < -0.39 is 4.92 Å². The largest absolute Gasteiger partial charge is 0.356 e. The Hall–Kier alpha value is -2.75. The van der Waals surface area contributed by atoms with Gasteiger partial charge in [0.15, 0.2) is 10.9 Å². The van der Waals surface area contributed by atoms with Crippen molar-refractivity contribution in [1.82, 2.24) is 20.1 Å². The number of Topliss-reactive ketones (excluding diaryl/α,β-unsaturated/α-hetero) is 1. The highest BCUT2D eigenvalue weighted by Crippen LogP contribution is 2.21. The van der Waals surface area contributed by atoms with Crippen LogP contribution < -0.4 is 5.32 Å². The first-order chi connectivity index (χ1) is 12.9. The lowest BCUT2D eigenvalue weighted by Gasteiger charge is -2.07. The minimum Gasteiger partial charge on any atom is -0.356 e. The van der Waals surface area contributed by atoms with E-state index in [1.165, 1.54) is 36.9 Å². The zero-order valence-electron chi connectivity index (χ0n) is 15.2. The quantitative estimate of drug-likeness (QED) is 0.217. The van der Waals surface area contributed by atoms with E-state index in [0.29, 0.717) is 30.2 Å². The molecule has 2 aromatic rings. The Kier molecular flexibility index (Phi) is 7.47. The molecule has 0 fully saturated rings. The number of ketones is 1. The number of thioether (sulfide) groups is 1. The number of carbonyl (C=O) groups excluding carboxylic acids is 2. The van der Waals surface area contributed by atoms with Gasteiger partial charge in [-0.15, -0.1) is 10.2 Å². The normalized spacial score (nSPS) is 10.6. The van der Waals surface area contributed by atoms with Crippen LogP contribution in [-0.4, -0.2) is 43.7 Å². The Morgan fingerprint density at radius 3 is 2.78 bits per heavy atom. The minimum atomic E-state index is -0.523. The molecule has 9 nitrogen and oxygen atoms in total. The molecule has 0 aliphatic heterocycles. The molecule has 10 heteroatoms. The predicted molar refractivity (Wildman–Crippen MR) is 101 cm³/mol. The highest BCUT2D eigenvalue weighted by Gasteiger charge is 2.15. The molecule has 27 heavy (non-hydrogen) atoms. The van der Waals surface area contributed by atoms with Gasteiger partial charge in [-0.05, 0) is 13.3 Å². The number of non-ortho nitro benzene ring substituents is 1. The van der Waals surface area contributed by atoms with Crippen LogP contribution in [0.3, 0.4) is 0 Å². The third kappa shape index (κ3) is 5.88. The summed E-state index contributed by atoms with van der Waals surface area (Å²) < 4.78 is 1.93. The molecule has 1 N–H and O–H groups in total. The number of rotatable bonds is 10. The van der Waals surface area contributed by atoms with Crippen LogP contribution in [0.2, 0.25) is 0 Å². The van der Waals surface area contributed by atoms with Crippen LogP contribution in [0.15, 0.2) is 29.4 Å². The van der Waals surface area contributed by atoms with Crippen molar-refractivity contribution < 1.29 is 14.5 Å². The lowest BCUT2D eigenvalue weighted by atomic mass is 10.1. The van der Waals surface area contributed by atoms with E-state index in [-0.39, 0.29) is 23.1 Å². The number of amides is 1. The van der Waals surface area contributed by atoms with E-state index in [1.807, 2.05) is 11.5 Å². The Bertz CT molecular complexity index is 836. The molecule has 0 bridgehead atoms. The van der Waals surface area contributed by atoms with Gasteiger partial charge in [-0.2, -0.15) is 0 Å². The van der Waals surface area contributed by atoms with E-state index in [0.717, 1.165) is 12.2 Å². The van der Waals surface area contributed by atoms with Crippen LogP contribution >= 0.6 is 11.8 Å². The van der Waals surface area contributed by atoms with Gasteiger partial charge >= 0.3 is 0 Å². The number of benzene rings is 1. The maximum absolute atomic E-state index is 12.3. The summed E-state index contributed by atoms with van der Waals surface area (Å²) >= 11 is 1.25. The summed E-state index contributed by atoms with van der Waals surface area (Å²) in [6, 6.07) is 5.69. The second-order valence-corrected chi connectivity index (χ2v) is 6.69. The number of aromatic nitrogens is 3. The van der Waals surface area contributed by atoms with Gasteiger partial charge < -0.3 is 9.88 Å². The van der Waals surface area contributed by atoms with E-state index in [2.05, 4.69) is 15.5 Å². The van der Waals surface area contributed by atoms with E-state index in [1.54, 1.807) is 6.07 Å². The topological polar surface area (TPSA) is 120 Å². The highest BCUT2D eigenvalue weighted by atomic mass is 32.2. The third-order valence-electron chi connectivity index (χ3n) is 3.77. The van der Waals surface area contributed by atoms with Crippen molar-refractivity contribution in [2.24, 2.45) is 0 Å². The summed E-state index contributed by atoms with van der Waals surface area (Å²) in [6.07, 6.45) is 1.41. The molecule has 0 aliphatic carbocycles. The lowest BCUT2D eigenvalue weighted by molar-refractivity contribution is -0.384. The number of nitrogens with zero attached hydrogens (tertiary/aromatic N) is 4. The maximum atomic E-state index is 12.3. The van der Waals surface area contributed by atoms with Gasteiger partial charge in [-0.25, -0.2) is 0 Å². The van der Waals surface area contributed by atoms with Crippen molar-refractivity contribution in [3.63, 3.8) is 0 Å². The number of nitro benzene ring substituents is 1. The smallest absolute Gasteiger partial charge is 0.270 e. The molecule has 1 amide bonds. The summed E-state index contributed by atoms with van der Waals surface area (Å²) in [5.41, 5.74) is 0.193. The van der Waals surface area contributed by atoms with E-state index >= 15 is 0 Å². The Morgan fingerprint density at radius 1 is 1.33 bits per heavy atom. The third-order valence-corrected chi connectivity index (χ3v) is 4.74. The molecule has 2 rings (SSSR count). The fourth-order valence-corrected chi connectivity index (χ4v) is 3.36. The Labute approximate surface area is 160 Å². The van der Waals surface area contributed by atoms with Gasteiger partial charge in [0, 0.05) is 44.1 Å². The molecule has 1 heterocycles. The molecule has 0 spiro atoms. The number of carbonyl (C=O) groups is 2. The van der Waals surface area contributed by atoms with Crippen molar-refractivity contribution in [2.45, 2.75) is 38.4 Å². The molecule has 0 unspecified atom stereocenters. The molecule has 1 aromatic carbocycles. The zero-order chi connectivity index (χ0) is 19.8. The van der Waals surface area contributed by atoms with Crippen LogP contribution in [0.5, 0.6) is 0 Å². The van der Waals surface area contributed by atoms with Crippen LogP contribution in [0, 0.1) is 10.1 Å². The average Bonchev–Trinajstić information content (AvgIpc) is 3.05. The predicted octanol–water partition coefficient (Wildman–Crippen LogP) is 2.25. The van der Waals surface area contributed by atoms with Crippen molar-refractivity contribution in [1.29, 1.82) is 0 Å². The highest BCUT2D eigenvalue weighted by molar-refractivity contribution is 7.99. The average molecular weight is 391 g/mol. The second kappa shape index (κ2) is 9.81. The van der Waals surface area contributed by atoms with Crippen molar-refractivity contribution >= 4 is 29.1 Å². The van der Waals surface area contributed by atoms with Crippen LogP contribution in [0.4, 0.5) is 5.69 Å². The molecule has 0 radical (unpaired) electrons. The summed E-state index contributed by atoms with van der Waals surface area (Å²) in [7, 11) is 0. The second-order valence-electron chi connectivity index (χ2n) is 5.75. The molecule has 0 saturated heterocycles. The lowest BCUT2D eigenvalue weighted by Crippen LogP contribution is -2.21. The molecule has 0 saturated carbocycles. The number of hydrogen-bond donors (Lipinski definition) is 1. The van der Waals surface area contributed by atoms with Crippen LogP contribution in [0.1, 0.15) is 36.5 Å². The summed E-state index contributed by atoms with van der Waals surface area (Å²) in [4.78, 5) is 33.5. The Morgan fingerprint density at radius 2 is 2.11 bits per heavy atom. The first-order valence-electron chi connectivity index (χ1n) is 8.49. The van der Waals surface area contributed by atoms with Gasteiger partial charge in [0.2, 0.25) is 5.91 Å². The number of hydrogen-bond acceptors (Lipinski definition) is 7. The SMILES string of the molecule is CCn1c(CCCNC(C)=O)nnc1SCC(=O)c1cccc([N+](=O)[O-])c1. The summed E-state index contributed by atoms with van der Waals surface area (Å²) in [5, 5.41) is 22.5. The van der Waals surface area contributed by atoms with Gasteiger partial charge in [-0.3, -0.25) is 19.7 Å². The van der Waals surface area contributed by atoms with Gasteiger partial charge in [0.1, 0.15) is 5.82 Å². The van der Waals surface area contributed by atoms with Crippen molar-refractivity contribution in [3.8, 4) is 0 Å². The van der Waals surface area contributed by atoms with Gasteiger partial charge in [0.05, 0.1) is 10.7 Å². The molecule has 0 aliphatic rings. The number of aryl methyl sites for hydroxylation is 1. The molecule has 1 aromatic heterocycles. The minimum absolute atomic E-state index is 0.0668. The fraction of sp³-hybridized carbons (Fsp3) is 0.412. The molecular weight excluding hydrogens is 370 g/mol. The first-order valence-corrected chi connectivity index (χ1v) is 9.48. The monoisotopic (exact) mass is 391 g/mol. The fourth-order valence-electron chi connectivity index (χ4n) is 2.45. The summed E-state index contributed by atoms with van der Waals surface area (Å²) in [6.45, 7) is 4.67. The van der Waals surface area contributed by atoms with Crippen LogP contribution in [-0.2, 0) is 17.8 Å². The van der Waals surface area contributed by atoms with Gasteiger partial charge in [-0.1, -0.05) is 23.9 Å². The molecular formula is C17H21N5O4S. The maximum Gasteiger partial charge on any atom is 0.270 e. The number of nitro groups is 1.